The van der Waals surface area contributed by atoms with Crippen LogP contribution in [0.5, 0.6) is 0 Å². The lowest BCUT2D eigenvalue weighted by Gasteiger charge is -2.03. The largest absolute Gasteiger partial charge is 0.318 e. The van der Waals surface area contributed by atoms with E-state index in [4.69, 9.17) is 6.42 Å². The number of amides is 1. The zero-order chi connectivity index (χ0) is 21.2. The summed E-state index contributed by atoms with van der Waals surface area (Å²) in [6.07, 6.45) is 12.4. The number of benzene rings is 2. The van der Waals surface area contributed by atoms with Crippen LogP contribution in [0.2, 0.25) is 0 Å². The maximum atomic E-state index is 12.8. The predicted molar refractivity (Wildman–Crippen MR) is 117 cm³/mol. The van der Waals surface area contributed by atoms with Crippen molar-refractivity contribution in [3.8, 4) is 23.5 Å². The van der Waals surface area contributed by atoms with Gasteiger partial charge in [0.1, 0.15) is 0 Å². The number of hydrogen-bond donors (Lipinski definition) is 3. The van der Waals surface area contributed by atoms with Crippen molar-refractivity contribution in [2.24, 2.45) is 0 Å². The number of aromatic amines is 2. The van der Waals surface area contributed by atoms with Crippen molar-refractivity contribution >= 4 is 22.5 Å². The molecule has 31 heavy (non-hydrogen) atoms. The Bertz CT molecular complexity index is 1420. The van der Waals surface area contributed by atoms with Crippen molar-refractivity contribution in [2.45, 2.75) is 6.54 Å². The molecule has 3 aromatic heterocycles. The number of carbonyl (C=O) groups excluding carboxylic acids is 1. The van der Waals surface area contributed by atoms with Gasteiger partial charge in [0.25, 0.3) is 5.91 Å². The number of carbonyl (C=O) groups is 1. The maximum absolute atomic E-state index is 12.8. The van der Waals surface area contributed by atoms with Crippen molar-refractivity contribution < 1.29 is 4.79 Å². The van der Waals surface area contributed by atoms with Gasteiger partial charge in [-0.15, -0.1) is 6.42 Å². The van der Waals surface area contributed by atoms with Crippen molar-refractivity contribution in [2.75, 3.05) is 5.32 Å². The topological polar surface area (TPSA) is 104 Å². The molecule has 0 radical (unpaired) electrons. The Morgan fingerprint density at radius 2 is 2.10 bits per heavy atom. The van der Waals surface area contributed by atoms with Gasteiger partial charge in [-0.25, -0.2) is 0 Å². The van der Waals surface area contributed by atoms with E-state index in [1.54, 1.807) is 23.3 Å². The lowest BCUT2D eigenvalue weighted by atomic mass is 10.1. The standard InChI is InChI=1S/C23H17N7O/c1-2-15-4-3-5-16(8-15)13-30-14-19(12-26-30)27-23(31)22-20-7-6-17(9-21(20)28-29-22)18-10-24-25-11-18/h1,3-12,14H,13H2,(H,24,25)(H,27,31)(H,28,29). The monoisotopic (exact) mass is 407 g/mol. The Morgan fingerprint density at radius 1 is 1.16 bits per heavy atom. The van der Waals surface area contributed by atoms with Crippen LogP contribution in [0.4, 0.5) is 5.69 Å². The smallest absolute Gasteiger partial charge is 0.276 e. The third-order valence-corrected chi connectivity index (χ3v) is 4.94. The molecule has 0 bridgehead atoms. The minimum Gasteiger partial charge on any atom is -0.318 e. The average molecular weight is 407 g/mol. The molecule has 0 aliphatic rings. The Morgan fingerprint density at radius 3 is 2.94 bits per heavy atom. The second-order valence-corrected chi connectivity index (χ2v) is 7.04. The first-order chi connectivity index (χ1) is 15.2. The van der Waals surface area contributed by atoms with Crippen LogP contribution >= 0.6 is 0 Å². The van der Waals surface area contributed by atoms with Crippen LogP contribution in [0.1, 0.15) is 21.6 Å². The van der Waals surface area contributed by atoms with E-state index in [2.05, 4.69) is 36.7 Å². The summed E-state index contributed by atoms with van der Waals surface area (Å²) in [6, 6.07) is 13.5. The fourth-order valence-electron chi connectivity index (χ4n) is 3.43. The average Bonchev–Trinajstić information content (AvgIpc) is 3.54. The molecule has 8 nitrogen and oxygen atoms in total. The normalized spacial score (nSPS) is 10.8. The van der Waals surface area contributed by atoms with Gasteiger partial charge in [-0.3, -0.25) is 19.7 Å². The second kappa shape index (κ2) is 7.65. The molecule has 0 saturated heterocycles. The Balaban J connectivity index is 1.32. The lowest BCUT2D eigenvalue weighted by Crippen LogP contribution is -2.12. The van der Waals surface area contributed by atoms with Crippen LogP contribution in [0.15, 0.2) is 67.3 Å². The van der Waals surface area contributed by atoms with Crippen LogP contribution in [-0.4, -0.2) is 36.1 Å². The van der Waals surface area contributed by atoms with Gasteiger partial charge < -0.3 is 5.32 Å². The Labute approximate surface area is 177 Å². The summed E-state index contributed by atoms with van der Waals surface area (Å²) in [7, 11) is 0. The van der Waals surface area contributed by atoms with E-state index in [1.807, 2.05) is 48.7 Å². The fourth-order valence-corrected chi connectivity index (χ4v) is 3.43. The van der Waals surface area contributed by atoms with Crippen LogP contribution in [0.3, 0.4) is 0 Å². The van der Waals surface area contributed by atoms with Gasteiger partial charge in [-0.2, -0.15) is 15.3 Å². The van der Waals surface area contributed by atoms with E-state index >= 15 is 0 Å². The van der Waals surface area contributed by atoms with E-state index in [-0.39, 0.29) is 5.91 Å². The zero-order valence-electron chi connectivity index (χ0n) is 16.3. The van der Waals surface area contributed by atoms with E-state index in [9.17, 15) is 4.79 Å². The van der Waals surface area contributed by atoms with Gasteiger partial charge in [0, 0.05) is 28.9 Å². The van der Waals surface area contributed by atoms with E-state index in [0.29, 0.717) is 17.9 Å². The van der Waals surface area contributed by atoms with Crippen molar-refractivity contribution in [1.82, 2.24) is 30.2 Å². The predicted octanol–water partition coefficient (Wildman–Crippen LogP) is 3.43. The minimum atomic E-state index is -0.309. The van der Waals surface area contributed by atoms with Crippen LogP contribution < -0.4 is 5.32 Å². The third-order valence-electron chi connectivity index (χ3n) is 4.94. The highest BCUT2D eigenvalue weighted by molar-refractivity contribution is 6.11. The SMILES string of the molecule is C#Cc1cccc(Cn2cc(NC(=O)c3n[nH]c4cc(-c5cn[nH]c5)ccc34)cn2)c1. The Kier molecular flexibility index (Phi) is 4.54. The summed E-state index contributed by atoms with van der Waals surface area (Å²) < 4.78 is 1.74. The molecule has 5 rings (SSSR count). The van der Waals surface area contributed by atoms with Gasteiger partial charge in [-0.05, 0) is 35.4 Å². The number of aromatic nitrogens is 6. The maximum Gasteiger partial charge on any atom is 0.276 e. The molecule has 0 aliphatic heterocycles. The van der Waals surface area contributed by atoms with Gasteiger partial charge >= 0.3 is 0 Å². The lowest BCUT2D eigenvalue weighted by molar-refractivity contribution is 0.102. The van der Waals surface area contributed by atoms with Crippen LogP contribution in [-0.2, 0) is 6.54 Å². The van der Waals surface area contributed by atoms with Crippen LogP contribution in [0, 0.1) is 12.3 Å². The molecule has 5 aromatic rings. The summed E-state index contributed by atoms with van der Waals surface area (Å²) in [6.45, 7) is 0.549. The van der Waals surface area contributed by atoms with E-state index in [0.717, 1.165) is 33.2 Å². The first kappa shape index (κ1) is 18.4. The molecule has 0 unspecified atom stereocenters. The molecule has 150 valence electrons. The van der Waals surface area contributed by atoms with E-state index in [1.165, 1.54) is 0 Å². The zero-order valence-corrected chi connectivity index (χ0v) is 16.3. The summed E-state index contributed by atoms with van der Waals surface area (Å²) in [5.41, 5.74) is 5.47. The molecule has 0 atom stereocenters. The molecule has 3 N–H and O–H groups in total. The molecule has 2 aromatic carbocycles. The van der Waals surface area contributed by atoms with E-state index < -0.39 is 0 Å². The van der Waals surface area contributed by atoms with Crippen molar-refractivity contribution in [3.05, 3.63) is 84.1 Å². The van der Waals surface area contributed by atoms with Gasteiger partial charge in [0.15, 0.2) is 5.69 Å². The number of nitrogens with one attached hydrogen (secondary N) is 3. The summed E-state index contributed by atoms with van der Waals surface area (Å²) >= 11 is 0. The molecule has 0 fully saturated rings. The van der Waals surface area contributed by atoms with Gasteiger partial charge in [-0.1, -0.05) is 24.1 Å². The molecule has 0 spiro atoms. The third kappa shape index (κ3) is 3.68. The first-order valence-electron chi connectivity index (χ1n) is 9.56. The molecule has 0 saturated carbocycles. The van der Waals surface area contributed by atoms with Crippen molar-refractivity contribution in [1.29, 1.82) is 0 Å². The number of rotatable bonds is 5. The highest BCUT2D eigenvalue weighted by Gasteiger charge is 2.16. The molecular weight excluding hydrogens is 390 g/mol. The molecule has 3 heterocycles. The number of hydrogen-bond acceptors (Lipinski definition) is 4. The Hall–Kier alpha value is -4.64. The van der Waals surface area contributed by atoms with Gasteiger partial charge in [0.05, 0.1) is 30.1 Å². The van der Waals surface area contributed by atoms with Crippen molar-refractivity contribution in [3.63, 3.8) is 0 Å². The number of H-pyrrole nitrogens is 2. The quantitative estimate of drug-likeness (QED) is 0.388. The fraction of sp³-hybridized carbons (Fsp3) is 0.0435. The second-order valence-electron chi connectivity index (χ2n) is 7.04. The van der Waals surface area contributed by atoms with Gasteiger partial charge in [0.2, 0.25) is 0 Å². The number of terminal acetylenes is 1. The number of fused-ring (bicyclic) bond motifs is 1. The molecule has 0 aliphatic carbocycles. The summed E-state index contributed by atoms with van der Waals surface area (Å²) in [4.78, 5) is 12.8. The van der Waals surface area contributed by atoms with Crippen LogP contribution in [0.25, 0.3) is 22.0 Å². The highest BCUT2D eigenvalue weighted by Crippen LogP contribution is 2.24. The highest BCUT2D eigenvalue weighted by atomic mass is 16.2. The summed E-state index contributed by atoms with van der Waals surface area (Å²) in [5.74, 6) is 2.32. The number of nitrogens with zero attached hydrogens (tertiary/aromatic N) is 4. The molecular formula is C23H17N7O. The number of anilines is 1. The molecule has 8 heteroatoms. The minimum absolute atomic E-state index is 0.309. The molecule has 1 amide bonds. The first-order valence-corrected chi connectivity index (χ1v) is 9.56. The summed E-state index contributed by atoms with van der Waals surface area (Å²) in [5, 5.41) is 21.8.